The van der Waals surface area contributed by atoms with Crippen LogP contribution >= 0.6 is 0 Å². The average molecular weight is 682 g/mol. The van der Waals surface area contributed by atoms with Gasteiger partial charge in [-0.1, -0.05) is 123 Å². The van der Waals surface area contributed by atoms with Gasteiger partial charge in [-0.25, -0.2) is 15.0 Å². The highest BCUT2D eigenvalue weighted by atomic mass is 16.3. The zero-order valence-electron chi connectivity index (χ0n) is 29.1. The molecule has 0 saturated carbocycles. The number of aromatic nitrogens is 3. The van der Waals surface area contributed by atoms with E-state index in [-0.39, 0.29) is 5.41 Å². The first-order valence-electron chi connectivity index (χ1n) is 17.9. The van der Waals surface area contributed by atoms with Crippen LogP contribution in [0.15, 0.2) is 160 Å². The number of hydrogen-bond donors (Lipinski definition) is 0. The molecule has 0 unspecified atom stereocenters. The second kappa shape index (κ2) is 11.1. The molecule has 11 rings (SSSR count). The lowest BCUT2D eigenvalue weighted by Gasteiger charge is -2.21. The quantitative estimate of drug-likeness (QED) is 0.185. The van der Waals surface area contributed by atoms with Crippen molar-refractivity contribution >= 4 is 43.9 Å². The van der Waals surface area contributed by atoms with E-state index in [4.69, 9.17) is 23.8 Å². The summed E-state index contributed by atoms with van der Waals surface area (Å²) in [7, 11) is 0. The fraction of sp³-hybridized carbons (Fsp3) is 0.0625. The van der Waals surface area contributed by atoms with Gasteiger partial charge in [-0.05, 0) is 75.8 Å². The van der Waals surface area contributed by atoms with Gasteiger partial charge in [0.25, 0.3) is 0 Å². The maximum Gasteiger partial charge on any atom is 0.167 e. The normalized spacial score (nSPS) is 13.2. The molecule has 0 amide bonds. The highest BCUT2D eigenvalue weighted by molar-refractivity contribution is 6.13. The highest BCUT2D eigenvalue weighted by Crippen LogP contribution is 2.49. The lowest BCUT2D eigenvalue weighted by Crippen LogP contribution is -2.15. The molecular weight excluding hydrogens is 651 g/mol. The summed E-state index contributed by atoms with van der Waals surface area (Å²) in [6.45, 7) is 4.59. The van der Waals surface area contributed by atoms with Gasteiger partial charge < -0.3 is 8.83 Å². The molecule has 1 aliphatic carbocycles. The van der Waals surface area contributed by atoms with E-state index in [9.17, 15) is 0 Å². The summed E-state index contributed by atoms with van der Waals surface area (Å²) in [5.74, 6) is 1.74. The van der Waals surface area contributed by atoms with Gasteiger partial charge in [0.1, 0.15) is 22.3 Å². The monoisotopic (exact) mass is 681 g/mol. The Labute approximate surface area is 305 Å². The zero-order chi connectivity index (χ0) is 35.3. The molecule has 53 heavy (non-hydrogen) atoms. The Morgan fingerprint density at radius 2 is 1.02 bits per heavy atom. The van der Waals surface area contributed by atoms with Crippen LogP contribution in [-0.4, -0.2) is 15.0 Å². The van der Waals surface area contributed by atoms with E-state index in [0.717, 1.165) is 71.7 Å². The first-order chi connectivity index (χ1) is 26.0. The van der Waals surface area contributed by atoms with E-state index in [0.29, 0.717) is 17.5 Å². The lowest BCUT2D eigenvalue weighted by atomic mass is 9.82. The van der Waals surface area contributed by atoms with Gasteiger partial charge in [0.2, 0.25) is 0 Å². The maximum absolute atomic E-state index is 6.49. The SMILES string of the molecule is CC1(C)c2ccccc2-c2ccc(-c3nc(-c4ccc5oc6cccc(-c7ccccc7)c6c5c4)nc(-c4cccc5c4oc4ccccc45)n3)cc21. The molecule has 0 atom stereocenters. The van der Waals surface area contributed by atoms with Gasteiger partial charge in [-0.15, -0.1) is 0 Å². The van der Waals surface area contributed by atoms with Gasteiger partial charge >= 0.3 is 0 Å². The van der Waals surface area contributed by atoms with Crippen molar-refractivity contribution in [3.05, 3.63) is 163 Å². The van der Waals surface area contributed by atoms with Gasteiger partial charge in [0, 0.05) is 38.1 Å². The highest BCUT2D eigenvalue weighted by Gasteiger charge is 2.35. The Balaban J connectivity index is 1.15. The largest absolute Gasteiger partial charge is 0.456 e. The van der Waals surface area contributed by atoms with E-state index < -0.39 is 0 Å². The molecule has 7 aromatic carbocycles. The van der Waals surface area contributed by atoms with Crippen molar-refractivity contribution in [1.82, 2.24) is 15.0 Å². The molecule has 0 saturated heterocycles. The maximum atomic E-state index is 6.49. The molecule has 5 heteroatoms. The second-order valence-electron chi connectivity index (χ2n) is 14.4. The van der Waals surface area contributed by atoms with Crippen molar-refractivity contribution in [3.63, 3.8) is 0 Å². The van der Waals surface area contributed by atoms with E-state index in [1.165, 1.54) is 22.3 Å². The third-order valence-electron chi connectivity index (χ3n) is 11.0. The summed E-state index contributed by atoms with van der Waals surface area (Å²) in [5, 5.41) is 4.17. The summed E-state index contributed by atoms with van der Waals surface area (Å²) in [4.78, 5) is 15.6. The van der Waals surface area contributed by atoms with Crippen molar-refractivity contribution in [3.8, 4) is 56.4 Å². The molecule has 5 nitrogen and oxygen atoms in total. The number of fused-ring (bicyclic) bond motifs is 9. The summed E-state index contributed by atoms with van der Waals surface area (Å²) in [6, 6.07) is 52.5. The molecule has 250 valence electrons. The molecule has 0 spiro atoms. The Kier molecular flexibility index (Phi) is 6.23. The van der Waals surface area contributed by atoms with Gasteiger partial charge in [0.15, 0.2) is 17.5 Å². The van der Waals surface area contributed by atoms with E-state index in [2.05, 4.69) is 105 Å². The van der Waals surface area contributed by atoms with Crippen LogP contribution in [0.3, 0.4) is 0 Å². The summed E-state index contributed by atoms with van der Waals surface area (Å²) in [6.07, 6.45) is 0. The molecule has 0 bridgehead atoms. The molecule has 0 aliphatic heterocycles. The standard InChI is InChI=1S/C48H31N3O2/c1-48(2)38-19-8-6-14-32(38)33-24-22-30(27-39(33)48)46-49-45(50-47(51-46)36-18-10-17-35-34-15-7-9-20-40(34)53-44(35)36)29-23-25-41-37(26-29)43-31(16-11-21-42(43)52-41)28-12-4-3-5-13-28/h3-27H,1-2H3. The number of nitrogens with zero attached hydrogens (tertiary/aromatic N) is 3. The van der Waals surface area contributed by atoms with Crippen molar-refractivity contribution in [2.75, 3.05) is 0 Å². The first kappa shape index (κ1) is 29.8. The molecule has 0 N–H and O–H groups in total. The van der Waals surface area contributed by atoms with Crippen LogP contribution in [0.5, 0.6) is 0 Å². The summed E-state index contributed by atoms with van der Waals surface area (Å²) >= 11 is 0. The Morgan fingerprint density at radius 1 is 0.396 bits per heavy atom. The van der Waals surface area contributed by atoms with Crippen LogP contribution in [-0.2, 0) is 5.41 Å². The first-order valence-corrected chi connectivity index (χ1v) is 17.9. The predicted octanol–water partition coefficient (Wildman–Crippen LogP) is 12.6. The van der Waals surface area contributed by atoms with E-state index in [1.807, 2.05) is 60.7 Å². The van der Waals surface area contributed by atoms with Crippen LogP contribution in [0.4, 0.5) is 0 Å². The fourth-order valence-electron chi connectivity index (χ4n) is 8.35. The third kappa shape index (κ3) is 4.47. The third-order valence-corrected chi connectivity index (χ3v) is 11.0. The number of benzene rings is 7. The molecule has 3 aromatic heterocycles. The minimum atomic E-state index is -0.162. The molecule has 0 radical (unpaired) electrons. The van der Waals surface area contributed by atoms with Crippen molar-refractivity contribution in [2.45, 2.75) is 19.3 Å². The van der Waals surface area contributed by atoms with Gasteiger partial charge in [0.05, 0.1) is 5.56 Å². The summed E-state index contributed by atoms with van der Waals surface area (Å²) < 4.78 is 12.9. The Hall–Kier alpha value is -6.85. The van der Waals surface area contributed by atoms with E-state index in [1.54, 1.807) is 0 Å². The number of furan rings is 2. The molecule has 10 aromatic rings. The van der Waals surface area contributed by atoms with Crippen molar-refractivity contribution in [1.29, 1.82) is 0 Å². The van der Waals surface area contributed by atoms with Crippen LogP contribution in [0.25, 0.3) is 100 Å². The molecule has 0 fully saturated rings. The van der Waals surface area contributed by atoms with Crippen LogP contribution < -0.4 is 0 Å². The van der Waals surface area contributed by atoms with Gasteiger partial charge in [-0.3, -0.25) is 0 Å². The number of rotatable bonds is 4. The topological polar surface area (TPSA) is 65.0 Å². The Bertz CT molecular complexity index is 3100. The van der Waals surface area contributed by atoms with Crippen molar-refractivity contribution in [2.24, 2.45) is 0 Å². The smallest absolute Gasteiger partial charge is 0.167 e. The number of hydrogen-bond acceptors (Lipinski definition) is 5. The fourth-order valence-corrected chi connectivity index (χ4v) is 8.35. The second-order valence-corrected chi connectivity index (χ2v) is 14.4. The van der Waals surface area contributed by atoms with Crippen LogP contribution in [0, 0.1) is 0 Å². The Morgan fingerprint density at radius 3 is 1.91 bits per heavy atom. The minimum Gasteiger partial charge on any atom is -0.456 e. The summed E-state index contributed by atoms with van der Waals surface area (Å²) in [5.41, 5.74) is 13.1. The van der Waals surface area contributed by atoms with Crippen LogP contribution in [0.1, 0.15) is 25.0 Å². The number of para-hydroxylation sites is 2. The predicted molar refractivity (Wildman–Crippen MR) is 214 cm³/mol. The molecule has 1 aliphatic rings. The van der Waals surface area contributed by atoms with E-state index >= 15 is 0 Å². The molecule has 3 heterocycles. The van der Waals surface area contributed by atoms with Crippen LogP contribution in [0.2, 0.25) is 0 Å². The zero-order valence-corrected chi connectivity index (χ0v) is 29.1. The van der Waals surface area contributed by atoms with Gasteiger partial charge in [-0.2, -0.15) is 0 Å². The average Bonchev–Trinajstić information content (AvgIpc) is 3.85. The minimum absolute atomic E-state index is 0.162. The van der Waals surface area contributed by atoms with Crippen molar-refractivity contribution < 1.29 is 8.83 Å². The lowest BCUT2D eigenvalue weighted by molar-refractivity contribution is 0.660. The molecular formula is C48H31N3O2.